The molecule has 3 heteroatoms. The Hall–Kier alpha value is -4.89. The van der Waals surface area contributed by atoms with E-state index in [1.54, 1.807) is 0 Å². The molecular weight excluding hydrogens is 546 g/mol. The quantitative estimate of drug-likeness (QED) is 0.202. The van der Waals surface area contributed by atoms with Crippen molar-refractivity contribution in [1.29, 1.82) is 0 Å². The van der Waals surface area contributed by atoms with E-state index in [1.807, 2.05) is 42.6 Å². The molecule has 0 unspecified atom stereocenters. The first kappa shape index (κ1) is 28.9. The zero-order chi connectivity index (χ0) is 31.4. The molecule has 1 aliphatic rings. The van der Waals surface area contributed by atoms with Crippen LogP contribution in [0.3, 0.4) is 0 Å². The molecule has 2 aromatic heterocycles. The van der Waals surface area contributed by atoms with Crippen molar-refractivity contribution in [2.45, 2.75) is 52.4 Å². The van der Waals surface area contributed by atoms with Gasteiger partial charge in [-0.15, -0.1) is 0 Å². The summed E-state index contributed by atoms with van der Waals surface area (Å²) in [6, 6.07) is 42.4. The predicted octanol–water partition coefficient (Wildman–Crippen LogP) is 10.8. The lowest BCUT2D eigenvalue weighted by Gasteiger charge is -2.44. The largest absolute Gasteiger partial charge is 0.256 e. The number of rotatable bonds is 5. The molecule has 0 saturated carbocycles. The molecule has 0 radical (unpaired) electrons. The lowest BCUT2D eigenvalue weighted by atomic mass is 9.59. The average Bonchev–Trinajstić information content (AvgIpc) is 3.18. The summed E-state index contributed by atoms with van der Waals surface area (Å²) in [4.78, 5) is 14.9. The van der Waals surface area contributed by atoms with E-state index in [-0.39, 0.29) is 16.2 Å². The van der Waals surface area contributed by atoms with Gasteiger partial charge in [-0.2, -0.15) is 0 Å². The summed E-state index contributed by atoms with van der Waals surface area (Å²) >= 11 is 0. The second-order valence-corrected chi connectivity index (χ2v) is 13.8. The molecule has 3 nitrogen and oxygen atoms in total. The summed E-state index contributed by atoms with van der Waals surface area (Å²) in [5.74, 6) is 0.709. The number of hydrogen-bond acceptors (Lipinski definition) is 3. The van der Waals surface area contributed by atoms with Gasteiger partial charge in [0, 0.05) is 34.0 Å². The van der Waals surface area contributed by atoms with E-state index < -0.39 is 0 Å². The maximum Gasteiger partial charge on any atom is 0.160 e. The Kier molecular flexibility index (Phi) is 6.81. The van der Waals surface area contributed by atoms with Crippen molar-refractivity contribution in [3.8, 4) is 56.3 Å². The second-order valence-electron chi connectivity index (χ2n) is 13.8. The van der Waals surface area contributed by atoms with Crippen LogP contribution in [0.4, 0.5) is 0 Å². The highest BCUT2D eigenvalue weighted by atomic mass is 14.9. The van der Waals surface area contributed by atoms with Gasteiger partial charge >= 0.3 is 0 Å². The molecule has 0 bridgehead atoms. The summed E-state index contributed by atoms with van der Waals surface area (Å²) in [6.07, 6.45) is 1.98. The van der Waals surface area contributed by atoms with Crippen LogP contribution in [0.5, 0.6) is 0 Å². The number of hydrogen-bond donors (Lipinski definition) is 0. The van der Waals surface area contributed by atoms with Crippen LogP contribution in [-0.4, -0.2) is 15.0 Å². The topological polar surface area (TPSA) is 38.7 Å². The maximum atomic E-state index is 4.98. The molecular formula is C42H39N3. The standard InChI is InChI=1S/C42H39N3/c1-40(2)34-23-21-32(25-35(34)41(3,4)42(40,5)6)36-24-22-33(27-43-36)28-17-19-31(20-18-28)39-44-37(29-13-9-7-10-14-29)26-38(45-39)30-15-11-8-12-16-30/h7-27H,1-6H3. The molecule has 2 heterocycles. The van der Waals surface area contributed by atoms with Crippen molar-refractivity contribution in [3.05, 3.63) is 139 Å². The third kappa shape index (κ3) is 4.78. The van der Waals surface area contributed by atoms with Gasteiger partial charge in [-0.3, -0.25) is 4.98 Å². The van der Waals surface area contributed by atoms with Gasteiger partial charge in [0.2, 0.25) is 0 Å². The molecule has 45 heavy (non-hydrogen) atoms. The minimum Gasteiger partial charge on any atom is -0.256 e. The first-order chi connectivity index (χ1) is 21.6. The van der Waals surface area contributed by atoms with Gasteiger partial charge in [-0.05, 0) is 51.1 Å². The number of fused-ring (bicyclic) bond motifs is 1. The number of nitrogens with zero attached hydrogens (tertiary/aromatic N) is 3. The van der Waals surface area contributed by atoms with Crippen LogP contribution < -0.4 is 0 Å². The van der Waals surface area contributed by atoms with Crippen molar-refractivity contribution in [2.75, 3.05) is 0 Å². The molecule has 4 aromatic carbocycles. The second kappa shape index (κ2) is 10.6. The van der Waals surface area contributed by atoms with Crippen molar-refractivity contribution < 1.29 is 0 Å². The van der Waals surface area contributed by atoms with E-state index in [2.05, 4.69) is 126 Å². The molecule has 6 aromatic rings. The molecule has 222 valence electrons. The Labute approximate surface area is 267 Å². The third-order valence-corrected chi connectivity index (χ3v) is 10.9. The number of aromatic nitrogens is 3. The fourth-order valence-electron chi connectivity index (χ4n) is 6.86. The van der Waals surface area contributed by atoms with Crippen molar-refractivity contribution in [3.63, 3.8) is 0 Å². The van der Waals surface area contributed by atoms with Gasteiger partial charge in [0.15, 0.2) is 5.82 Å². The zero-order valence-electron chi connectivity index (χ0n) is 27.0. The van der Waals surface area contributed by atoms with E-state index in [0.29, 0.717) is 5.82 Å². The van der Waals surface area contributed by atoms with Crippen LogP contribution in [0.2, 0.25) is 0 Å². The first-order valence-corrected chi connectivity index (χ1v) is 15.8. The lowest BCUT2D eigenvalue weighted by molar-refractivity contribution is 0.125. The minimum atomic E-state index is 0.0652. The highest BCUT2D eigenvalue weighted by molar-refractivity contribution is 5.74. The fourth-order valence-corrected chi connectivity index (χ4v) is 6.86. The summed E-state index contributed by atoms with van der Waals surface area (Å²) in [5.41, 5.74) is 12.5. The Bertz CT molecular complexity index is 1930. The van der Waals surface area contributed by atoms with Gasteiger partial charge in [-0.1, -0.05) is 145 Å². The van der Waals surface area contributed by atoms with Crippen LogP contribution >= 0.6 is 0 Å². The van der Waals surface area contributed by atoms with Gasteiger partial charge in [0.1, 0.15) is 0 Å². The monoisotopic (exact) mass is 585 g/mol. The molecule has 0 atom stereocenters. The molecule has 0 aliphatic heterocycles. The number of benzene rings is 4. The summed E-state index contributed by atoms with van der Waals surface area (Å²) < 4.78 is 0. The van der Waals surface area contributed by atoms with Gasteiger partial charge in [0.05, 0.1) is 17.1 Å². The molecule has 7 rings (SSSR count). The Balaban J connectivity index is 1.18. The zero-order valence-corrected chi connectivity index (χ0v) is 27.0. The van der Waals surface area contributed by atoms with Crippen LogP contribution in [0.1, 0.15) is 52.7 Å². The molecule has 0 amide bonds. The highest BCUT2D eigenvalue weighted by Gasteiger charge is 2.56. The number of pyridine rings is 1. The Morgan fingerprint density at radius 3 is 1.47 bits per heavy atom. The molecule has 1 aliphatic carbocycles. The van der Waals surface area contributed by atoms with E-state index in [9.17, 15) is 0 Å². The Morgan fingerprint density at radius 2 is 0.911 bits per heavy atom. The van der Waals surface area contributed by atoms with E-state index in [4.69, 9.17) is 15.0 Å². The fraction of sp³-hybridized carbons (Fsp3) is 0.214. The SMILES string of the molecule is CC1(C)c2ccc(-c3ccc(-c4ccc(-c5nc(-c6ccccc6)cc(-c6ccccc6)n5)cc4)cn3)cc2C(C)(C)C1(C)C. The molecule has 0 saturated heterocycles. The summed E-state index contributed by atoms with van der Waals surface area (Å²) in [6.45, 7) is 14.3. The van der Waals surface area contributed by atoms with Gasteiger partial charge in [-0.25, -0.2) is 9.97 Å². The van der Waals surface area contributed by atoms with Crippen molar-refractivity contribution >= 4 is 0 Å². The van der Waals surface area contributed by atoms with Crippen molar-refractivity contribution in [2.24, 2.45) is 5.41 Å². The third-order valence-electron chi connectivity index (χ3n) is 10.9. The van der Waals surface area contributed by atoms with E-state index in [1.165, 1.54) is 16.7 Å². The molecule has 0 spiro atoms. The van der Waals surface area contributed by atoms with Crippen LogP contribution in [0.15, 0.2) is 128 Å². The molecule has 0 N–H and O–H groups in total. The van der Waals surface area contributed by atoms with Crippen LogP contribution in [-0.2, 0) is 10.8 Å². The molecule has 0 fully saturated rings. The van der Waals surface area contributed by atoms with Crippen LogP contribution in [0, 0.1) is 5.41 Å². The smallest absolute Gasteiger partial charge is 0.160 e. The Morgan fingerprint density at radius 1 is 0.400 bits per heavy atom. The van der Waals surface area contributed by atoms with E-state index in [0.717, 1.165) is 44.9 Å². The minimum absolute atomic E-state index is 0.0652. The van der Waals surface area contributed by atoms with Gasteiger partial charge < -0.3 is 0 Å². The maximum absolute atomic E-state index is 4.98. The van der Waals surface area contributed by atoms with Crippen molar-refractivity contribution in [1.82, 2.24) is 15.0 Å². The lowest BCUT2D eigenvalue weighted by Crippen LogP contribution is -2.42. The summed E-state index contributed by atoms with van der Waals surface area (Å²) in [7, 11) is 0. The highest BCUT2D eigenvalue weighted by Crippen LogP contribution is 2.61. The summed E-state index contributed by atoms with van der Waals surface area (Å²) in [5, 5.41) is 0. The normalized spacial score (nSPS) is 15.9. The van der Waals surface area contributed by atoms with Gasteiger partial charge in [0.25, 0.3) is 0 Å². The predicted molar refractivity (Wildman–Crippen MR) is 187 cm³/mol. The average molecular weight is 586 g/mol. The van der Waals surface area contributed by atoms with Crippen LogP contribution in [0.25, 0.3) is 56.3 Å². The van der Waals surface area contributed by atoms with E-state index >= 15 is 0 Å². The first-order valence-electron chi connectivity index (χ1n) is 15.8.